The Morgan fingerprint density at radius 1 is 1.45 bits per heavy atom. The number of carbonyl (C=O) groups is 1. The third kappa shape index (κ3) is 5.89. The minimum Gasteiger partial charge on any atom is -0.366 e. The van der Waals surface area contributed by atoms with Crippen LogP contribution < -0.4 is 10.6 Å². The molecule has 2 N–H and O–H groups in total. The van der Waals surface area contributed by atoms with Crippen LogP contribution in [0.15, 0.2) is 29.2 Å². The third-order valence-electron chi connectivity index (χ3n) is 2.70. The van der Waals surface area contributed by atoms with Gasteiger partial charge in [-0.3, -0.25) is 4.79 Å². The first-order valence-corrected chi connectivity index (χ1v) is 7.60. The van der Waals surface area contributed by atoms with Gasteiger partial charge in [0.25, 0.3) is 0 Å². The minimum atomic E-state index is -0.353. The van der Waals surface area contributed by atoms with Crippen LogP contribution in [0.1, 0.15) is 0 Å². The van der Waals surface area contributed by atoms with E-state index < -0.39 is 0 Å². The van der Waals surface area contributed by atoms with Crippen molar-refractivity contribution in [2.75, 3.05) is 32.0 Å². The van der Waals surface area contributed by atoms with Crippen molar-refractivity contribution in [2.45, 2.75) is 11.0 Å². The molecule has 1 fully saturated rings. The molecule has 1 aliphatic heterocycles. The molecule has 1 saturated heterocycles. The summed E-state index contributed by atoms with van der Waals surface area (Å²) in [4.78, 5) is 12.9. The van der Waals surface area contributed by atoms with E-state index in [9.17, 15) is 4.79 Å². The Kier molecular flexibility index (Phi) is 8.33. The van der Waals surface area contributed by atoms with Crippen LogP contribution in [0.5, 0.6) is 0 Å². The normalized spacial score (nSPS) is 18.1. The van der Waals surface area contributed by atoms with Crippen LogP contribution in [-0.4, -0.2) is 44.0 Å². The summed E-state index contributed by atoms with van der Waals surface area (Å²) in [5.74, 6) is 0.789. The van der Waals surface area contributed by atoms with Crippen molar-refractivity contribution < 1.29 is 9.53 Å². The molecule has 7 heteroatoms. The second kappa shape index (κ2) is 9.47. The number of rotatable bonds is 5. The molecule has 20 heavy (non-hydrogen) atoms. The van der Waals surface area contributed by atoms with Gasteiger partial charge in [0, 0.05) is 35.3 Å². The Hall–Kier alpha value is -0.460. The molecule has 1 aromatic rings. The SMILES string of the molecule is Cl.O=C(NCCSc1ccc(Cl)cc1)C1CNCCO1. The highest BCUT2D eigenvalue weighted by Gasteiger charge is 2.20. The van der Waals surface area contributed by atoms with Gasteiger partial charge < -0.3 is 15.4 Å². The molecule has 1 atom stereocenters. The fraction of sp³-hybridized carbons (Fsp3) is 0.462. The first-order valence-electron chi connectivity index (χ1n) is 6.24. The molecule has 0 spiro atoms. The van der Waals surface area contributed by atoms with E-state index in [2.05, 4.69) is 10.6 Å². The Balaban J connectivity index is 0.00000200. The van der Waals surface area contributed by atoms with Crippen molar-refractivity contribution in [3.63, 3.8) is 0 Å². The minimum absolute atomic E-state index is 0. The Labute approximate surface area is 134 Å². The molecule has 0 saturated carbocycles. The molecule has 0 radical (unpaired) electrons. The van der Waals surface area contributed by atoms with Crippen LogP contribution in [0.3, 0.4) is 0 Å². The Morgan fingerprint density at radius 3 is 2.85 bits per heavy atom. The highest BCUT2D eigenvalue weighted by atomic mass is 35.5. The predicted molar refractivity (Wildman–Crippen MR) is 85.0 cm³/mol. The van der Waals surface area contributed by atoms with Gasteiger partial charge in [-0.1, -0.05) is 11.6 Å². The number of ether oxygens (including phenoxy) is 1. The number of carbonyl (C=O) groups excluding carboxylic acids is 1. The zero-order valence-corrected chi connectivity index (χ0v) is 13.3. The molecule has 112 valence electrons. The smallest absolute Gasteiger partial charge is 0.250 e. The van der Waals surface area contributed by atoms with E-state index >= 15 is 0 Å². The van der Waals surface area contributed by atoms with Crippen molar-refractivity contribution in [3.8, 4) is 0 Å². The van der Waals surface area contributed by atoms with Gasteiger partial charge in [0.05, 0.1) is 6.61 Å². The lowest BCUT2D eigenvalue weighted by atomic mass is 10.3. The van der Waals surface area contributed by atoms with Crippen LogP contribution in [0, 0.1) is 0 Å². The maximum Gasteiger partial charge on any atom is 0.250 e. The monoisotopic (exact) mass is 336 g/mol. The molecule has 0 aromatic heterocycles. The van der Waals surface area contributed by atoms with Gasteiger partial charge >= 0.3 is 0 Å². The lowest BCUT2D eigenvalue weighted by molar-refractivity contribution is -0.134. The van der Waals surface area contributed by atoms with E-state index in [4.69, 9.17) is 16.3 Å². The topological polar surface area (TPSA) is 50.4 Å². The van der Waals surface area contributed by atoms with Crippen molar-refractivity contribution in [3.05, 3.63) is 29.3 Å². The molecule has 1 aromatic carbocycles. The number of hydrogen-bond acceptors (Lipinski definition) is 4. The number of amides is 1. The average Bonchev–Trinajstić information content (AvgIpc) is 2.46. The molecule has 0 bridgehead atoms. The second-order valence-corrected chi connectivity index (χ2v) is 5.76. The first-order chi connectivity index (χ1) is 9.25. The predicted octanol–water partition coefficient (Wildman–Crippen LogP) is 1.96. The summed E-state index contributed by atoms with van der Waals surface area (Å²) < 4.78 is 5.37. The first kappa shape index (κ1) is 17.6. The fourth-order valence-electron chi connectivity index (χ4n) is 1.72. The number of thioether (sulfide) groups is 1. The Morgan fingerprint density at radius 2 is 2.20 bits per heavy atom. The van der Waals surface area contributed by atoms with Gasteiger partial charge in [0.2, 0.25) is 5.91 Å². The maximum atomic E-state index is 11.8. The van der Waals surface area contributed by atoms with Crippen molar-refractivity contribution >= 4 is 41.7 Å². The standard InChI is InChI=1S/C13H17ClN2O2S.ClH/c14-10-1-3-11(4-2-10)19-8-6-16-13(17)12-9-15-5-7-18-12;/h1-4,12,15H,5-9H2,(H,16,17);1H. The molecule has 2 rings (SSSR count). The molecule has 1 aliphatic rings. The van der Waals surface area contributed by atoms with Gasteiger partial charge in [-0.2, -0.15) is 0 Å². The van der Waals surface area contributed by atoms with E-state index in [1.54, 1.807) is 11.8 Å². The number of benzene rings is 1. The third-order valence-corrected chi connectivity index (χ3v) is 3.97. The van der Waals surface area contributed by atoms with E-state index in [0.29, 0.717) is 19.7 Å². The summed E-state index contributed by atoms with van der Waals surface area (Å²) in [7, 11) is 0. The molecule has 1 unspecified atom stereocenters. The fourth-order valence-corrected chi connectivity index (χ4v) is 2.62. The quantitative estimate of drug-likeness (QED) is 0.637. The van der Waals surface area contributed by atoms with Gasteiger partial charge in [-0.15, -0.1) is 24.2 Å². The molecule has 1 heterocycles. The molecule has 1 amide bonds. The molecule has 0 aliphatic carbocycles. The van der Waals surface area contributed by atoms with Crippen LogP contribution in [0.25, 0.3) is 0 Å². The summed E-state index contributed by atoms with van der Waals surface area (Å²) in [6.07, 6.45) is -0.353. The lowest BCUT2D eigenvalue weighted by Crippen LogP contribution is -2.48. The number of hydrogen-bond donors (Lipinski definition) is 2. The Bertz CT molecular complexity index is 411. The van der Waals surface area contributed by atoms with Crippen molar-refractivity contribution in [2.24, 2.45) is 0 Å². The van der Waals surface area contributed by atoms with E-state index in [1.807, 2.05) is 24.3 Å². The van der Waals surface area contributed by atoms with Gasteiger partial charge in [-0.05, 0) is 24.3 Å². The summed E-state index contributed by atoms with van der Waals surface area (Å²) in [6, 6.07) is 7.68. The second-order valence-electron chi connectivity index (χ2n) is 4.16. The summed E-state index contributed by atoms with van der Waals surface area (Å²) in [5.41, 5.74) is 0. The van der Waals surface area contributed by atoms with E-state index in [-0.39, 0.29) is 24.4 Å². The van der Waals surface area contributed by atoms with Crippen molar-refractivity contribution in [1.82, 2.24) is 10.6 Å². The highest BCUT2D eigenvalue weighted by molar-refractivity contribution is 7.99. The van der Waals surface area contributed by atoms with E-state index in [1.165, 1.54) is 0 Å². The van der Waals surface area contributed by atoms with Crippen LogP contribution in [0.4, 0.5) is 0 Å². The van der Waals surface area contributed by atoms with E-state index in [0.717, 1.165) is 22.2 Å². The summed E-state index contributed by atoms with van der Waals surface area (Å²) >= 11 is 7.50. The molecular formula is C13H18Cl2N2O2S. The van der Waals surface area contributed by atoms with Crippen LogP contribution in [0.2, 0.25) is 5.02 Å². The molecule has 4 nitrogen and oxygen atoms in total. The average molecular weight is 337 g/mol. The van der Waals surface area contributed by atoms with Crippen molar-refractivity contribution in [1.29, 1.82) is 0 Å². The number of nitrogens with one attached hydrogen (secondary N) is 2. The van der Waals surface area contributed by atoms with Gasteiger partial charge in [0.15, 0.2) is 0 Å². The zero-order chi connectivity index (χ0) is 13.5. The summed E-state index contributed by atoms with van der Waals surface area (Å²) in [6.45, 7) is 2.63. The van der Waals surface area contributed by atoms with Gasteiger partial charge in [0.1, 0.15) is 6.10 Å². The molecular weight excluding hydrogens is 319 g/mol. The maximum absolute atomic E-state index is 11.8. The number of morpholine rings is 1. The largest absolute Gasteiger partial charge is 0.366 e. The lowest BCUT2D eigenvalue weighted by Gasteiger charge is -2.22. The highest BCUT2D eigenvalue weighted by Crippen LogP contribution is 2.19. The van der Waals surface area contributed by atoms with Crippen LogP contribution >= 0.6 is 35.8 Å². The van der Waals surface area contributed by atoms with Gasteiger partial charge in [-0.25, -0.2) is 0 Å². The summed E-state index contributed by atoms with van der Waals surface area (Å²) in [5, 5.41) is 6.75. The number of halogens is 2. The zero-order valence-electron chi connectivity index (χ0n) is 10.9. The van der Waals surface area contributed by atoms with Crippen LogP contribution in [-0.2, 0) is 9.53 Å².